The number of hydrogen-bond donors (Lipinski definition) is 2. The molecule has 0 aliphatic heterocycles. The number of carboxylic acids is 1. The Kier molecular flexibility index (Phi) is 7.53. The van der Waals surface area contributed by atoms with Gasteiger partial charge in [-0.3, -0.25) is 9.59 Å². The molecule has 1 amide bonds. The van der Waals surface area contributed by atoms with E-state index < -0.39 is 12.0 Å². The van der Waals surface area contributed by atoms with Crippen molar-refractivity contribution in [1.82, 2.24) is 5.32 Å². The number of nitrogens with one attached hydrogen (secondary N) is 1. The minimum atomic E-state index is -0.947. The summed E-state index contributed by atoms with van der Waals surface area (Å²) >= 11 is 1.61. The highest BCUT2D eigenvalue weighted by Crippen LogP contribution is 2.22. The number of carboxylic acid groups (broad SMARTS) is 1. The number of aliphatic carboxylic acids is 1. The number of rotatable bonds is 9. The normalized spacial score (nSPS) is 11.6. The smallest absolute Gasteiger partial charge is 0.305 e. The van der Waals surface area contributed by atoms with Crippen molar-refractivity contribution in [2.45, 2.75) is 30.2 Å². The molecule has 0 aromatic heterocycles. The first-order chi connectivity index (χ1) is 12.5. The molecule has 2 aromatic rings. The van der Waals surface area contributed by atoms with Crippen molar-refractivity contribution in [3.63, 3.8) is 0 Å². The molecule has 26 heavy (non-hydrogen) atoms. The lowest BCUT2D eigenvalue weighted by Crippen LogP contribution is -2.30. The first-order valence-corrected chi connectivity index (χ1v) is 9.52. The van der Waals surface area contributed by atoms with E-state index >= 15 is 0 Å². The molecule has 2 aromatic carbocycles. The molecule has 0 fully saturated rings. The molecule has 0 saturated carbocycles. The van der Waals surface area contributed by atoms with Crippen LogP contribution in [0.4, 0.5) is 0 Å². The van der Waals surface area contributed by atoms with Gasteiger partial charge in [-0.05, 0) is 48.1 Å². The van der Waals surface area contributed by atoms with Crippen LogP contribution in [0.5, 0.6) is 5.75 Å². The van der Waals surface area contributed by atoms with Gasteiger partial charge < -0.3 is 15.2 Å². The van der Waals surface area contributed by atoms with Crippen molar-refractivity contribution in [2.75, 3.05) is 13.4 Å². The summed E-state index contributed by atoms with van der Waals surface area (Å²) in [5.74, 6) is -0.370. The summed E-state index contributed by atoms with van der Waals surface area (Å²) < 4.78 is 5.18. The molecule has 138 valence electrons. The van der Waals surface area contributed by atoms with Gasteiger partial charge in [0.15, 0.2) is 0 Å². The van der Waals surface area contributed by atoms with Crippen LogP contribution in [-0.4, -0.2) is 30.3 Å². The number of benzene rings is 2. The SMILES string of the molecule is COc1cccc(CCC(=O)NC(CC(=O)O)c2ccc(SC)cc2)c1. The van der Waals surface area contributed by atoms with E-state index in [-0.39, 0.29) is 18.7 Å². The second-order valence-corrected chi connectivity index (χ2v) is 6.72. The van der Waals surface area contributed by atoms with Crippen LogP contribution in [-0.2, 0) is 16.0 Å². The molecule has 2 N–H and O–H groups in total. The number of carbonyl (C=O) groups excluding carboxylic acids is 1. The van der Waals surface area contributed by atoms with E-state index in [1.165, 1.54) is 0 Å². The Morgan fingerprint density at radius 1 is 1.19 bits per heavy atom. The zero-order chi connectivity index (χ0) is 18.9. The van der Waals surface area contributed by atoms with Crippen molar-refractivity contribution in [2.24, 2.45) is 0 Å². The largest absolute Gasteiger partial charge is 0.497 e. The molecule has 0 aliphatic rings. The molecule has 1 unspecified atom stereocenters. The van der Waals surface area contributed by atoms with Crippen LogP contribution >= 0.6 is 11.8 Å². The second kappa shape index (κ2) is 9.87. The average molecular weight is 373 g/mol. The first kappa shape index (κ1) is 19.8. The summed E-state index contributed by atoms with van der Waals surface area (Å²) in [6, 6.07) is 14.6. The van der Waals surface area contributed by atoms with Gasteiger partial charge in [0.05, 0.1) is 19.6 Å². The predicted octanol–water partition coefficient (Wildman–Crippen LogP) is 3.68. The van der Waals surface area contributed by atoms with Gasteiger partial charge in [0.25, 0.3) is 0 Å². The molecule has 0 aliphatic carbocycles. The summed E-state index contributed by atoms with van der Waals surface area (Å²) in [6.07, 6.45) is 2.67. The quantitative estimate of drug-likeness (QED) is 0.656. The zero-order valence-corrected chi connectivity index (χ0v) is 15.7. The van der Waals surface area contributed by atoms with Crippen LogP contribution in [0.15, 0.2) is 53.4 Å². The lowest BCUT2D eigenvalue weighted by atomic mass is 10.0. The molecule has 0 spiro atoms. The minimum absolute atomic E-state index is 0.149. The summed E-state index contributed by atoms with van der Waals surface area (Å²) in [5.41, 5.74) is 1.79. The maximum Gasteiger partial charge on any atom is 0.305 e. The highest BCUT2D eigenvalue weighted by Gasteiger charge is 2.18. The van der Waals surface area contributed by atoms with Crippen molar-refractivity contribution < 1.29 is 19.4 Å². The number of hydrogen-bond acceptors (Lipinski definition) is 4. The van der Waals surface area contributed by atoms with Crippen LogP contribution in [0.25, 0.3) is 0 Å². The Morgan fingerprint density at radius 3 is 2.54 bits per heavy atom. The number of methoxy groups -OCH3 is 1. The molecule has 1 atom stereocenters. The minimum Gasteiger partial charge on any atom is -0.497 e. The Hall–Kier alpha value is -2.47. The standard InChI is InChI=1S/C20H23NO4S/c1-25-16-5-3-4-14(12-16)6-11-19(22)21-18(13-20(23)24)15-7-9-17(26-2)10-8-15/h3-5,7-10,12,18H,6,11,13H2,1-2H3,(H,21,22)(H,23,24). The lowest BCUT2D eigenvalue weighted by molar-refractivity contribution is -0.137. The number of thioether (sulfide) groups is 1. The van der Waals surface area contributed by atoms with Gasteiger partial charge in [0.1, 0.15) is 5.75 Å². The molecule has 5 nitrogen and oxygen atoms in total. The fraction of sp³-hybridized carbons (Fsp3) is 0.300. The lowest BCUT2D eigenvalue weighted by Gasteiger charge is -2.18. The molecule has 0 bridgehead atoms. The van der Waals surface area contributed by atoms with E-state index in [0.29, 0.717) is 6.42 Å². The monoisotopic (exact) mass is 373 g/mol. The highest BCUT2D eigenvalue weighted by molar-refractivity contribution is 7.98. The van der Waals surface area contributed by atoms with Gasteiger partial charge in [-0.15, -0.1) is 11.8 Å². The predicted molar refractivity (Wildman–Crippen MR) is 103 cm³/mol. The fourth-order valence-corrected chi connectivity index (χ4v) is 3.02. The van der Waals surface area contributed by atoms with E-state index in [2.05, 4.69) is 5.32 Å². The zero-order valence-electron chi connectivity index (χ0n) is 14.9. The molecule has 0 heterocycles. The van der Waals surface area contributed by atoms with Crippen molar-refractivity contribution in [3.8, 4) is 5.75 Å². The number of ether oxygens (including phenoxy) is 1. The third-order valence-electron chi connectivity index (χ3n) is 4.01. The van der Waals surface area contributed by atoms with Crippen molar-refractivity contribution in [1.29, 1.82) is 0 Å². The van der Waals surface area contributed by atoms with Crippen LogP contribution in [0.2, 0.25) is 0 Å². The van der Waals surface area contributed by atoms with Crippen LogP contribution in [0, 0.1) is 0 Å². The second-order valence-electron chi connectivity index (χ2n) is 5.84. The Labute approximate surface area is 157 Å². The average Bonchev–Trinajstić information content (AvgIpc) is 2.65. The molecular weight excluding hydrogens is 350 g/mol. The third-order valence-corrected chi connectivity index (χ3v) is 4.75. The molecular formula is C20H23NO4S. The first-order valence-electron chi connectivity index (χ1n) is 8.30. The molecule has 6 heteroatoms. The summed E-state index contributed by atoms with van der Waals surface area (Å²) in [5, 5.41) is 12.0. The fourth-order valence-electron chi connectivity index (χ4n) is 2.62. The Bertz CT molecular complexity index is 746. The Balaban J connectivity index is 1.99. The van der Waals surface area contributed by atoms with E-state index in [9.17, 15) is 9.59 Å². The van der Waals surface area contributed by atoms with Crippen LogP contribution in [0.3, 0.4) is 0 Å². The number of carbonyl (C=O) groups is 2. The Morgan fingerprint density at radius 2 is 1.92 bits per heavy atom. The maximum absolute atomic E-state index is 12.3. The van der Waals surface area contributed by atoms with Gasteiger partial charge in [-0.2, -0.15) is 0 Å². The number of aryl methyl sites for hydroxylation is 1. The van der Waals surface area contributed by atoms with Gasteiger partial charge in [0, 0.05) is 11.3 Å². The van der Waals surface area contributed by atoms with E-state index in [4.69, 9.17) is 9.84 Å². The van der Waals surface area contributed by atoms with Crippen molar-refractivity contribution >= 4 is 23.6 Å². The highest BCUT2D eigenvalue weighted by atomic mass is 32.2. The summed E-state index contributed by atoms with van der Waals surface area (Å²) in [4.78, 5) is 24.6. The van der Waals surface area contributed by atoms with E-state index in [1.54, 1.807) is 18.9 Å². The van der Waals surface area contributed by atoms with E-state index in [1.807, 2.05) is 54.8 Å². The van der Waals surface area contributed by atoms with Gasteiger partial charge in [-0.25, -0.2) is 0 Å². The third kappa shape index (κ3) is 6.11. The van der Waals surface area contributed by atoms with E-state index in [0.717, 1.165) is 21.8 Å². The molecule has 0 saturated heterocycles. The molecule has 0 radical (unpaired) electrons. The topological polar surface area (TPSA) is 75.6 Å². The van der Waals surface area contributed by atoms with Crippen LogP contribution < -0.4 is 10.1 Å². The van der Waals surface area contributed by atoms with Gasteiger partial charge in [-0.1, -0.05) is 24.3 Å². The van der Waals surface area contributed by atoms with Crippen LogP contribution in [0.1, 0.15) is 30.0 Å². The number of amides is 1. The van der Waals surface area contributed by atoms with Gasteiger partial charge in [0.2, 0.25) is 5.91 Å². The molecule has 2 rings (SSSR count). The van der Waals surface area contributed by atoms with Gasteiger partial charge >= 0.3 is 5.97 Å². The maximum atomic E-state index is 12.3. The van der Waals surface area contributed by atoms with Crippen molar-refractivity contribution in [3.05, 3.63) is 59.7 Å². The summed E-state index contributed by atoms with van der Waals surface area (Å²) in [6.45, 7) is 0. The summed E-state index contributed by atoms with van der Waals surface area (Å²) in [7, 11) is 1.60.